The van der Waals surface area contributed by atoms with Crippen molar-refractivity contribution >= 4 is 29.2 Å². The molecule has 0 saturated carbocycles. The number of H-pyrrole nitrogens is 1. The third-order valence-electron chi connectivity index (χ3n) is 6.04. The van der Waals surface area contributed by atoms with Gasteiger partial charge in [0.15, 0.2) is 5.65 Å². The number of benzene rings is 2. The number of rotatable bonds is 6. The molecular formula is C25H24N8O2. The maximum atomic E-state index is 13.4. The molecule has 35 heavy (non-hydrogen) atoms. The van der Waals surface area contributed by atoms with E-state index in [0.29, 0.717) is 28.4 Å². The van der Waals surface area contributed by atoms with E-state index >= 15 is 0 Å². The zero-order valence-electron chi connectivity index (χ0n) is 19.6. The van der Waals surface area contributed by atoms with Gasteiger partial charge in [-0.1, -0.05) is 30.3 Å². The Balaban J connectivity index is 1.86. The highest BCUT2D eigenvalue weighted by molar-refractivity contribution is 5.95. The first-order valence-electron chi connectivity index (χ1n) is 10.9. The highest BCUT2D eigenvalue weighted by Crippen LogP contribution is 2.36. The number of hydrogen-bond donors (Lipinski definition) is 2. The maximum Gasteiger partial charge on any atom is 0.353 e. The largest absolute Gasteiger partial charge is 0.499 e. The molecule has 10 heteroatoms. The summed E-state index contributed by atoms with van der Waals surface area (Å²) in [5, 5.41) is 12.8. The molecule has 0 aliphatic carbocycles. The van der Waals surface area contributed by atoms with Crippen LogP contribution in [0.3, 0.4) is 0 Å². The smallest absolute Gasteiger partial charge is 0.353 e. The second kappa shape index (κ2) is 8.56. The van der Waals surface area contributed by atoms with Gasteiger partial charge in [0.25, 0.3) is 0 Å². The van der Waals surface area contributed by atoms with Crippen molar-refractivity contribution in [1.29, 1.82) is 0 Å². The van der Waals surface area contributed by atoms with E-state index in [-0.39, 0.29) is 12.5 Å². The number of hydrogen-bond acceptors (Lipinski definition) is 7. The molecule has 5 aromatic rings. The molecule has 10 nitrogen and oxygen atoms in total. The standard InChI is InChI=1S/C25H24N8O2/c1-14-10-17(11-18-12-28-30-21(14)18)20-22(16-8-6-5-7-9-16)29-24(26)33-23(20)31-32(25(33)34)13-19(27-3)15(2)35-4/h5-12H,3,13H2,1-2,4H3,(H2,26,29)(H,28,30)/b19-15-. The van der Waals surface area contributed by atoms with Crippen LogP contribution in [0.2, 0.25) is 0 Å². The Bertz CT molecular complexity index is 1680. The fourth-order valence-corrected chi connectivity index (χ4v) is 4.19. The summed E-state index contributed by atoms with van der Waals surface area (Å²) in [7, 11) is 1.54. The van der Waals surface area contributed by atoms with Gasteiger partial charge in [-0.15, -0.1) is 5.10 Å². The summed E-state index contributed by atoms with van der Waals surface area (Å²) in [6.07, 6.45) is 1.76. The Labute approximate surface area is 200 Å². The van der Waals surface area contributed by atoms with E-state index in [1.54, 1.807) is 13.1 Å². The zero-order chi connectivity index (χ0) is 24.7. The van der Waals surface area contributed by atoms with Crippen LogP contribution < -0.4 is 11.4 Å². The fourth-order valence-electron chi connectivity index (χ4n) is 4.19. The quantitative estimate of drug-likeness (QED) is 0.290. The number of aromatic amines is 1. The Morgan fingerprint density at radius 3 is 2.71 bits per heavy atom. The fraction of sp³-hybridized carbons (Fsp3) is 0.160. The van der Waals surface area contributed by atoms with Crippen molar-refractivity contribution < 1.29 is 4.74 Å². The predicted molar refractivity (Wildman–Crippen MR) is 136 cm³/mol. The van der Waals surface area contributed by atoms with Gasteiger partial charge in [-0.25, -0.2) is 18.9 Å². The van der Waals surface area contributed by atoms with Gasteiger partial charge >= 0.3 is 5.69 Å². The third-order valence-corrected chi connectivity index (χ3v) is 6.04. The van der Waals surface area contributed by atoms with Crippen molar-refractivity contribution in [3.8, 4) is 22.4 Å². The molecule has 0 amide bonds. The first-order valence-corrected chi connectivity index (χ1v) is 10.9. The van der Waals surface area contributed by atoms with Crippen LogP contribution in [0.15, 0.2) is 69.9 Å². The summed E-state index contributed by atoms with van der Waals surface area (Å²) in [5.41, 5.74) is 11.7. The van der Waals surface area contributed by atoms with Gasteiger partial charge in [0, 0.05) is 10.9 Å². The second-order valence-corrected chi connectivity index (χ2v) is 8.15. The third kappa shape index (κ3) is 3.65. The molecule has 3 N–H and O–H groups in total. The molecule has 176 valence electrons. The minimum Gasteiger partial charge on any atom is -0.499 e. The van der Waals surface area contributed by atoms with E-state index in [9.17, 15) is 4.79 Å². The van der Waals surface area contributed by atoms with Gasteiger partial charge in [0.1, 0.15) is 5.76 Å². The molecule has 5 rings (SSSR count). The van der Waals surface area contributed by atoms with Crippen LogP contribution in [0.25, 0.3) is 38.9 Å². The number of nitrogens with one attached hydrogen (secondary N) is 1. The first kappa shape index (κ1) is 22.1. The number of aromatic nitrogens is 6. The molecule has 0 unspecified atom stereocenters. The average Bonchev–Trinajstić information content (AvgIpc) is 3.47. The van der Waals surface area contributed by atoms with Crippen LogP contribution in [0.1, 0.15) is 12.5 Å². The lowest BCUT2D eigenvalue weighted by Gasteiger charge is -2.13. The molecule has 2 aromatic carbocycles. The number of aliphatic imine (C=N–C) groups is 1. The predicted octanol–water partition coefficient (Wildman–Crippen LogP) is 3.57. The normalized spacial score (nSPS) is 12.2. The van der Waals surface area contributed by atoms with E-state index < -0.39 is 5.69 Å². The summed E-state index contributed by atoms with van der Waals surface area (Å²) >= 11 is 0. The molecule has 0 atom stereocenters. The lowest BCUT2D eigenvalue weighted by atomic mass is 9.97. The summed E-state index contributed by atoms with van der Waals surface area (Å²) in [6, 6.07) is 13.7. The first-order chi connectivity index (χ1) is 16.9. The van der Waals surface area contributed by atoms with Gasteiger partial charge < -0.3 is 10.5 Å². The van der Waals surface area contributed by atoms with Crippen LogP contribution in [-0.4, -0.2) is 43.2 Å². The number of methoxy groups -OCH3 is 1. The summed E-state index contributed by atoms with van der Waals surface area (Å²) < 4.78 is 7.89. The summed E-state index contributed by atoms with van der Waals surface area (Å²) in [6.45, 7) is 7.42. The van der Waals surface area contributed by atoms with Gasteiger partial charge in [-0.3, -0.25) is 10.1 Å². The Morgan fingerprint density at radius 1 is 1.23 bits per heavy atom. The minimum atomic E-state index is -0.433. The van der Waals surface area contributed by atoms with Crippen LogP contribution >= 0.6 is 0 Å². The topological polar surface area (TPSA) is 128 Å². The zero-order valence-corrected chi connectivity index (χ0v) is 19.6. The molecule has 0 aliphatic heterocycles. The van der Waals surface area contributed by atoms with Crippen molar-refractivity contribution in [2.45, 2.75) is 20.4 Å². The SMILES string of the molecule is C=N/C(Cn1nc2c(-c3cc(C)c4[nH]ncc4c3)c(-c3ccccc3)nc(N)n2c1=O)=C(/C)OC. The summed E-state index contributed by atoms with van der Waals surface area (Å²) in [4.78, 5) is 22.1. The second-order valence-electron chi connectivity index (χ2n) is 8.15. The Kier molecular flexibility index (Phi) is 5.40. The van der Waals surface area contributed by atoms with Crippen molar-refractivity contribution in [3.63, 3.8) is 0 Å². The summed E-state index contributed by atoms with van der Waals surface area (Å²) in [5.74, 6) is 0.585. The van der Waals surface area contributed by atoms with E-state index in [1.165, 1.54) is 16.2 Å². The average molecular weight is 469 g/mol. The molecule has 0 spiro atoms. The number of anilines is 1. The molecule has 3 heterocycles. The van der Waals surface area contributed by atoms with E-state index in [2.05, 4.69) is 32.0 Å². The minimum absolute atomic E-state index is 0.0421. The van der Waals surface area contributed by atoms with Crippen LogP contribution in [0.4, 0.5) is 5.95 Å². The number of nitrogen functional groups attached to an aromatic ring is 1. The van der Waals surface area contributed by atoms with Crippen LogP contribution in [-0.2, 0) is 11.3 Å². The van der Waals surface area contributed by atoms with Gasteiger partial charge in [-0.2, -0.15) is 5.10 Å². The van der Waals surface area contributed by atoms with Crippen molar-refractivity contribution in [2.24, 2.45) is 4.99 Å². The lowest BCUT2D eigenvalue weighted by molar-refractivity contribution is 0.285. The molecule has 0 saturated heterocycles. The van der Waals surface area contributed by atoms with Crippen molar-refractivity contribution in [3.05, 3.63) is 76.2 Å². The number of ether oxygens (including phenoxy) is 1. The van der Waals surface area contributed by atoms with E-state index in [1.807, 2.05) is 49.4 Å². The molecule has 0 aliphatic rings. The van der Waals surface area contributed by atoms with Crippen LogP contribution in [0, 0.1) is 6.92 Å². The van der Waals surface area contributed by atoms with E-state index in [0.717, 1.165) is 27.6 Å². The molecule has 0 radical (unpaired) electrons. The number of allylic oxidation sites excluding steroid dienone is 2. The molecular weight excluding hydrogens is 444 g/mol. The van der Waals surface area contributed by atoms with Gasteiger partial charge in [0.05, 0.1) is 42.3 Å². The number of aryl methyl sites for hydroxylation is 1. The monoisotopic (exact) mass is 468 g/mol. The number of fused-ring (bicyclic) bond motifs is 2. The Morgan fingerprint density at radius 2 is 2.00 bits per heavy atom. The molecule has 0 bridgehead atoms. The number of nitrogens with zero attached hydrogens (tertiary/aromatic N) is 6. The maximum absolute atomic E-state index is 13.4. The highest BCUT2D eigenvalue weighted by atomic mass is 16.5. The molecule has 3 aromatic heterocycles. The highest BCUT2D eigenvalue weighted by Gasteiger charge is 2.22. The Hall–Kier alpha value is -4.73. The van der Waals surface area contributed by atoms with Crippen LogP contribution in [0.5, 0.6) is 0 Å². The van der Waals surface area contributed by atoms with E-state index in [4.69, 9.17) is 10.5 Å². The van der Waals surface area contributed by atoms with Crippen molar-refractivity contribution in [2.75, 3.05) is 12.8 Å². The van der Waals surface area contributed by atoms with Gasteiger partial charge in [-0.05, 0) is 43.8 Å². The molecule has 0 fully saturated rings. The van der Waals surface area contributed by atoms with Crippen molar-refractivity contribution in [1.82, 2.24) is 29.4 Å². The lowest BCUT2D eigenvalue weighted by Crippen LogP contribution is -2.24. The van der Waals surface area contributed by atoms with Gasteiger partial charge in [0.2, 0.25) is 5.95 Å². The number of nitrogens with two attached hydrogens (primary N) is 1.